The van der Waals surface area contributed by atoms with Crippen molar-refractivity contribution in [3.63, 3.8) is 0 Å². The van der Waals surface area contributed by atoms with Crippen molar-refractivity contribution < 1.29 is 4.79 Å². The number of hydrogen-bond acceptors (Lipinski definition) is 6. The molecule has 1 aromatic rings. The van der Waals surface area contributed by atoms with E-state index in [0.29, 0.717) is 24.2 Å². The highest BCUT2D eigenvalue weighted by molar-refractivity contribution is 5.81. The van der Waals surface area contributed by atoms with Crippen LogP contribution in [0, 0.1) is 12.8 Å². The molecule has 0 aliphatic carbocycles. The number of carbonyl (C=O) groups excluding carboxylic acids is 1. The van der Waals surface area contributed by atoms with Crippen molar-refractivity contribution in [1.29, 1.82) is 0 Å². The van der Waals surface area contributed by atoms with Gasteiger partial charge in [-0.2, -0.15) is 4.98 Å². The zero-order valence-electron chi connectivity index (χ0n) is 11.9. The number of aromatic nitrogens is 2. The molecular formula is C12H22N6O. The molecule has 0 atom stereocenters. The molecule has 0 spiro atoms. The molecule has 0 aliphatic rings. The van der Waals surface area contributed by atoms with Gasteiger partial charge in [0, 0.05) is 25.4 Å². The zero-order chi connectivity index (χ0) is 14.4. The molecule has 0 bridgehead atoms. The highest BCUT2D eigenvalue weighted by atomic mass is 16.2. The van der Waals surface area contributed by atoms with Gasteiger partial charge in [0.2, 0.25) is 11.9 Å². The van der Waals surface area contributed by atoms with E-state index in [2.05, 4.69) is 34.6 Å². The maximum Gasteiger partial charge on any atom is 0.239 e. The van der Waals surface area contributed by atoms with Gasteiger partial charge < -0.3 is 10.2 Å². The van der Waals surface area contributed by atoms with Crippen molar-refractivity contribution in [3.8, 4) is 0 Å². The average molecular weight is 266 g/mol. The van der Waals surface area contributed by atoms with Crippen LogP contribution in [0.25, 0.3) is 0 Å². The van der Waals surface area contributed by atoms with E-state index in [1.54, 1.807) is 11.1 Å². The molecule has 0 aromatic carbocycles. The molecule has 1 rings (SSSR count). The first kappa shape index (κ1) is 15.2. The molecule has 0 saturated heterocycles. The number of hydrogen-bond donors (Lipinski definition) is 3. The van der Waals surface area contributed by atoms with Crippen LogP contribution < -0.4 is 21.5 Å². The van der Waals surface area contributed by atoms with Gasteiger partial charge in [-0.1, -0.05) is 13.8 Å². The first-order valence-electron chi connectivity index (χ1n) is 6.22. The van der Waals surface area contributed by atoms with E-state index >= 15 is 0 Å². The summed E-state index contributed by atoms with van der Waals surface area (Å²) in [6.07, 6.45) is 1.67. The lowest BCUT2D eigenvalue weighted by Gasteiger charge is -2.20. The smallest absolute Gasteiger partial charge is 0.239 e. The van der Waals surface area contributed by atoms with Crippen LogP contribution >= 0.6 is 0 Å². The molecular weight excluding hydrogens is 244 g/mol. The van der Waals surface area contributed by atoms with E-state index in [-0.39, 0.29) is 12.5 Å². The van der Waals surface area contributed by atoms with Crippen LogP contribution in [0.4, 0.5) is 11.8 Å². The Balaban J connectivity index is 2.67. The Labute approximate surface area is 113 Å². The van der Waals surface area contributed by atoms with Gasteiger partial charge in [-0.3, -0.25) is 10.2 Å². The molecule has 106 valence electrons. The molecule has 1 amide bonds. The molecule has 0 aliphatic heterocycles. The van der Waals surface area contributed by atoms with E-state index in [1.807, 2.05) is 14.0 Å². The fourth-order valence-corrected chi connectivity index (χ4v) is 1.55. The number of nitrogens with one attached hydrogen (secondary N) is 2. The van der Waals surface area contributed by atoms with Gasteiger partial charge in [-0.05, 0) is 12.8 Å². The van der Waals surface area contributed by atoms with E-state index in [9.17, 15) is 4.79 Å². The van der Waals surface area contributed by atoms with Crippen LogP contribution in [-0.4, -0.2) is 36.0 Å². The number of aryl methyl sites for hydroxylation is 1. The molecule has 0 unspecified atom stereocenters. The second-order valence-electron chi connectivity index (χ2n) is 4.90. The number of nitrogens with zero attached hydrogens (tertiary/aromatic N) is 3. The van der Waals surface area contributed by atoms with Crippen molar-refractivity contribution in [3.05, 3.63) is 11.8 Å². The Morgan fingerprint density at radius 2 is 2.21 bits per heavy atom. The Morgan fingerprint density at radius 1 is 1.53 bits per heavy atom. The summed E-state index contributed by atoms with van der Waals surface area (Å²) in [6.45, 7) is 6.91. The van der Waals surface area contributed by atoms with Crippen LogP contribution in [0.1, 0.15) is 19.4 Å². The molecule has 0 saturated carbocycles. The van der Waals surface area contributed by atoms with Crippen LogP contribution in [0.3, 0.4) is 0 Å². The molecule has 1 heterocycles. The van der Waals surface area contributed by atoms with E-state index < -0.39 is 0 Å². The standard InChI is InChI=1S/C12H22N6O/c1-8(2)5-14-10(19)7-18(4)11-9(3)6-15-12(16-11)17-13/h6,8H,5,7,13H2,1-4H3,(H,14,19)(H,15,16,17). The van der Waals surface area contributed by atoms with E-state index in [0.717, 1.165) is 5.56 Å². The highest BCUT2D eigenvalue weighted by Crippen LogP contribution is 2.15. The van der Waals surface area contributed by atoms with Gasteiger partial charge in [0.1, 0.15) is 5.82 Å². The third-order valence-electron chi connectivity index (χ3n) is 2.52. The number of nitrogen functional groups attached to an aromatic ring is 1. The van der Waals surface area contributed by atoms with Gasteiger partial charge in [-0.15, -0.1) is 0 Å². The normalized spacial score (nSPS) is 10.4. The summed E-state index contributed by atoms with van der Waals surface area (Å²) in [7, 11) is 1.81. The lowest BCUT2D eigenvalue weighted by atomic mass is 10.2. The first-order chi connectivity index (χ1) is 8.93. The second-order valence-corrected chi connectivity index (χ2v) is 4.90. The Hall–Kier alpha value is -1.89. The maximum absolute atomic E-state index is 11.8. The number of carbonyl (C=O) groups is 1. The van der Waals surface area contributed by atoms with Gasteiger partial charge >= 0.3 is 0 Å². The molecule has 19 heavy (non-hydrogen) atoms. The van der Waals surface area contributed by atoms with Gasteiger partial charge in [0.15, 0.2) is 0 Å². The predicted octanol–water partition coefficient (Wildman–Crippen LogP) is 0.279. The van der Waals surface area contributed by atoms with Crippen LogP contribution in [0.2, 0.25) is 0 Å². The van der Waals surface area contributed by atoms with Gasteiger partial charge in [0.05, 0.1) is 6.54 Å². The van der Waals surface area contributed by atoms with Crippen molar-refractivity contribution in [2.75, 3.05) is 30.5 Å². The van der Waals surface area contributed by atoms with Crippen LogP contribution in [-0.2, 0) is 4.79 Å². The van der Waals surface area contributed by atoms with Gasteiger partial charge in [-0.25, -0.2) is 10.8 Å². The molecule has 0 fully saturated rings. The Morgan fingerprint density at radius 3 is 2.79 bits per heavy atom. The summed E-state index contributed by atoms with van der Waals surface area (Å²) in [6, 6.07) is 0. The summed E-state index contributed by atoms with van der Waals surface area (Å²) in [5.41, 5.74) is 3.28. The summed E-state index contributed by atoms with van der Waals surface area (Å²) >= 11 is 0. The van der Waals surface area contributed by atoms with Gasteiger partial charge in [0.25, 0.3) is 0 Å². The van der Waals surface area contributed by atoms with Crippen molar-refractivity contribution in [2.45, 2.75) is 20.8 Å². The summed E-state index contributed by atoms with van der Waals surface area (Å²) in [5, 5.41) is 2.87. The molecule has 1 aromatic heterocycles. The SMILES string of the molecule is Cc1cnc(NN)nc1N(C)CC(=O)NCC(C)C. The zero-order valence-corrected chi connectivity index (χ0v) is 11.9. The summed E-state index contributed by atoms with van der Waals surface area (Å²) < 4.78 is 0. The summed E-state index contributed by atoms with van der Waals surface area (Å²) in [5.74, 6) is 6.69. The number of rotatable bonds is 6. The van der Waals surface area contributed by atoms with Crippen molar-refractivity contribution in [1.82, 2.24) is 15.3 Å². The lowest BCUT2D eigenvalue weighted by molar-refractivity contribution is -0.119. The lowest BCUT2D eigenvalue weighted by Crippen LogP contribution is -2.37. The minimum absolute atomic E-state index is 0.0310. The number of likely N-dealkylation sites (N-methyl/N-ethyl adjacent to an activating group) is 1. The Bertz CT molecular complexity index is 434. The van der Waals surface area contributed by atoms with E-state index in [1.165, 1.54) is 0 Å². The van der Waals surface area contributed by atoms with Crippen molar-refractivity contribution >= 4 is 17.7 Å². The number of hydrazine groups is 1. The highest BCUT2D eigenvalue weighted by Gasteiger charge is 2.12. The monoisotopic (exact) mass is 266 g/mol. The fraction of sp³-hybridized carbons (Fsp3) is 0.583. The summed E-state index contributed by atoms with van der Waals surface area (Å²) in [4.78, 5) is 21.8. The molecule has 4 N–H and O–H groups in total. The minimum atomic E-state index is -0.0310. The third-order valence-corrected chi connectivity index (χ3v) is 2.52. The average Bonchev–Trinajstić information content (AvgIpc) is 2.36. The maximum atomic E-state index is 11.8. The predicted molar refractivity (Wildman–Crippen MR) is 75.7 cm³/mol. The van der Waals surface area contributed by atoms with Crippen molar-refractivity contribution in [2.24, 2.45) is 11.8 Å². The molecule has 7 heteroatoms. The molecule has 7 nitrogen and oxygen atoms in total. The fourth-order valence-electron chi connectivity index (χ4n) is 1.55. The number of anilines is 2. The number of amides is 1. The van der Waals surface area contributed by atoms with E-state index in [4.69, 9.17) is 5.84 Å². The third kappa shape index (κ3) is 4.70. The Kier molecular flexibility index (Phi) is 5.50. The first-order valence-corrected chi connectivity index (χ1v) is 6.22. The topological polar surface area (TPSA) is 96.2 Å². The number of nitrogens with two attached hydrogens (primary N) is 1. The quantitative estimate of drug-likeness (QED) is 0.505. The largest absolute Gasteiger partial charge is 0.354 e. The van der Waals surface area contributed by atoms with Crippen LogP contribution in [0.5, 0.6) is 0 Å². The van der Waals surface area contributed by atoms with Crippen LogP contribution in [0.15, 0.2) is 6.20 Å². The second kappa shape index (κ2) is 6.89. The minimum Gasteiger partial charge on any atom is -0.354 e. The molecule has 0 radical (unpaired) electrons.